The molecule has 0 aliphatic heterocycles. The standard InChI is InChI=1S/C33H65BrN.C6H6O3S/c1-4-7-10-13-16-19-22-25-30-35(33-28-29-34,31-26-23-20-17-14-11-8-5-2)32-27-24-21-18-15-12-9-6-3;7-10(8,9)6-4-2-1-3-5-6/h4-27,30-33H2,1-3H3;1-5H,(H,7,8,9)/q+1;. The molecule has 0 amide bonds. The summed E-state index contributed by atoms with van der Waals surface area (Å²) in [5, 5.41) is 0. The predicted octanol–water partition coefficient (Wildman–Crippen LogP) is 12.5. The number of rotatable bonds is 29. The maximum atomic E-state index is 10.4. The molecule has 0 saturated carbocycles. The summed E-state index contributed by atoms with van der Waals surface area (Å²) in [7, 11) is -4.00. The van der Waals surface area contributed by atoms with Crippen molar-refractivity contribution in [2.75, 3.05) is 26.2 Å². The Morgan fingerprint density at radius 3 is 1.13 bits per heavy atom. The maximum Gasteiger partial charge on any atom is 0.294 e. The van der Waals surface area contributed by atoms with Crippen LogP contribution >= 0.6 is 15.9 Å². The fourth-order valence-corrected chi connectivity index (χ4v) is 6.73. The Bertz CT molecular complexity index is 876. The Labute approximate surface area is 289 Å². The molecule has 0 bridgehead atoms. The first-order valence-electron chi connectivity index (χ1n) is 18.8. The third-order valence-electron chi connectivity index (χ3n) is 8.98. The van der Waals surface area contributed by atoms with E-state index in [-0.39, 0.29) is 4.90 Å². The zero-order chi connectivity index (χ0) is 33.3. The van der Waals surface area contributed by atoms with Crippen LogP contribution in [-0.4, -0.2) is 43.6 Å². The van der Waals surface area contributed by atoms with Gasteiger partial charge in [-0.05, 0) is 61.4 Å². The number of quaternary nitrogens is 1. The first-order valence-corrected chi connectivity index (χ1v) is 21.0. The van der Waals surface area contributed by atoms with E-state index in [4.69, 9.17) is 4.55 Å². The van der Waals surface area contributed by atoms with Gasteiger partial charge >= 0.3 is 0 Å². The maximum absolute atomic E-state index is 10.4. The summed E-state index contributed by atoms with van der Waals surface area (Å²) in [4.78, 5) is 2.99. The van der Waals surface area contributed by atoms with E-state index < -0.39 is 10.1 Å². The van der Waals surface area contributed by atoms with E-state index in [1.54, 1.807) is 18.2 Å². The molecule has 0 radical (unpaired) electrons. The second-order valence-corrected chi connectivity index (χ2v) is 15.0. The third kappa shape index (κ3) is 27.9. The Morgan fingerprint density at radius 2 is 0.867 bits per heavy atom. The minimum atomic E-state index is -4.00. The van der Waals surface area contributed by atoms with Crippen molar-refractivity contribution in [3.8, 4) is 10.8 Å². The molecule has 0 unspecified atom stereocenters. The zero-order valence-electron chi connectivity index (χ0n) is 29.7. The summed E-state index contributed by atoms with van der Waals surface area (Å²) in [6, 6.07) is 7.42. The first-order chi connectivity index (χ1) is 21.8. The Kier molecular flexibility index (Phi) is 31.1. The van der Waals surface area contributed by atoms with Gasteiger partial charge in [-0.15, -0.1) is 0 Å². The van der Waals surface area contributed by atoms with Crippen LogP contribution in [0.3, 0.4) is 0 Å². The van der Waals surface area contributed by atoms with Crippen LogP contribution in [0.2, 0.25) is 0 Å². The van der Waals surface area contributed by atoms with Crippen molar-refractivity contribution in [3.63, 3.8) is 0 Å². The molecule has 1 aromatic rings. The van der Waals surface area contributed by atoms with Gasteiger partial charge in [0, 0.05) is 15.9 Å². The van der Waals surface area contributed by atoms with Gasteiger partial charge in [0.05, 0.1) is 24.5 Å². The molecule has 0 heterocycles. The Morgan fingerprint density at radius 1 is 0.556 bits per heavy atom. The van der Waals surface area contributed by atoms with Crippen molar-refractivity contribution in [2.45, 2.75) is 180 Å². The molecule has 0 atom stereocenters. The number of nitrogens with zero attached hydrogens (tertiary/aromatic N) is 1. The Balaban J connectivity index is 0.00000162. The van der Waals surface area contributed by atoms with Gasteiger partial charge in [0.1, 0.15) is 6.54 Å². The van der Waals surface area contributed by atoms with Crippen LogP contribution in [-0.2, 0) is 10.1 Å². The molecule has 1 aromatic carbocycles. The largest absolute Gasteiger partial charge is 0.313 e. The molecule has 1 N–H and O–H groups in total. The van der Waals surface area contributed by atoms with Crippen molar-refractivity contribution in [3.05, 3.63) is 30.3 Å². The van der Waals surface area contributed by atoms with E-state index in [9.17, 15) is 8.42 Å². The topological polar surface area (TPSA) is 54.4 Å². The number of hydrogen-bond acceptors (Lipinski definition) is 2. The van der Waals surface area contributed by atoms with E-state index in [0.29, 0.717) is 0 Å². The predicted molar refractivity (Wildman–Crippen MR) is 201 cm³/mol. The summed E-state index contributed by atoms with van der Waals surface area (Å²) >= 11 is 3.40. The van der Waals surface area contributed by atoms with Gasteiger partial charge in [0.25, 0.3) is 10.1 Å². The summed E-state index contributed by atoms with van der Waals surface area (Å²) in [5.41, 5.74) is 0. The fraction of sp³-hybridized carbons (Fsp3) is 0.795. The molecule has 262 valence electrons. The van der Waals surface area contributed by atoms with Gasteiger partial charge < -0.3 is 4.48 Å². The highest BCUT2D eigenvalue weighted by atomic mass is 79.9. The van der Waals surface area contributed by atoms with E-state index in [0.717, 1.165) is 6.54 Å². The second-order valence-electron chi connectivity index (χ2n) is 13.2. The lowest BCUT2D eigenvalue weighted by Crippen LogP contribution is -2.50. The van der Waals surface area contributed by atoms with Gasteiger partial charge in [0.15, 0.2) is 0 Å². The van der Waals surface area contributed by atoms with E-state index >= 15 is 0 Å². The van der Waals surface area contributed by atoms with Gasteiger partial charge in [-0.1, -0.05) is 155 Å². The molecule has 0 aliphatic rings. The van der Waals surface area contributed by atoms with Crippen molar-refractivity contribution in [1.29, 1.82) is 0 Å². The van der Waals surface area contributed by atoms with E-state index in [1.165, 1.54) is 190 Å². The molecular weight excluding hydrogens is 642 g/mol. The highest BCUT2D eigenvalue weighted by Crippen LogP contribution is 2.19. The van der Waals surface area contributed by atoms with E-state index in [2.05, 4.69) is 47.5 Å². The number of halogens is 1. The third-order valence-corrected chi connectivity index (χ3v) is 10.1. The summed E-state index contributed by atoms with van der Waals surface area (Å²) < 4.78 is 30.5. The molecule has 0 fully saturated rings. The average Bonchev–Trinajstić information content (AvgIpc) is 3.04. The SMILES string of the molecule is CCCCCCCCCC[N+](CC#CBr)(CCCCCCCCCC)CCCCCCCCCC.O=S(=O)(O)c1ccccc1. The van der Waals surface area contributed by atoms with Crippen molar-refractivity contribution >= 4 is 26.0 Å². The van der Waals surface area contributed by atoms with Gasteiger partial charge in [-0.2, -0.15) is 8.42 Å². The lowest BCUT2D eigenvalue weighted by Gasteiger charge is -2.38. The minimum Gasteiger partial charge on any atom is -0.313 e. The quantitative estimate of drug-likeness (QED) is 0.0389. The lowest BCUT2D eigenvalue weighted by atomic mass is 10.0. The highest BCUT2D eigenvalue weighted by Gasteiger charge is 2.25. The number of benzene rings is 1. The molecule has 0 aliphatic carbocycles. The molecule has 4 nitrogen and oxygen atoms in total. The summed E-state index contributed by atoms with van der Waals surface area (Å²) in [6.07, 6.45) is 34.0. The Hall–Kier alpha value is -0.870. The van der Waals surface area contributed by atoms with Gasteiger partial charge in [-0.25, -0.2) is 0 Å². The highest BCUT2D eigenvalue weighted by molar-refractivity contribution is 9.12. The number of unbranched alkanes of at least 4 members (excludes halogenated alkanes) is 21. The van der Waals surface area contributed by atoms with Crippen molar-refractivity contribution in [2.24, 2.45) is 0 Å². The molecule has 6 heteroatoms. The van der Waals surface area contributed by atoms with Crippen LogP contribution in [0.25, 0.3) is 0 Å². The average molecular weight is 714 g/mol. The summed E-state index contributed by atoms with van der Waals surface area (Å²) in [6.45, 7) is 12.0. The van der Waals surface area contributed by atoms with Crippen LogP contribution in [0.1, 0.15) is 175 Å². The summed E-state index contributed by atoms with van der Waals surface area (Å²) in [5.74, 6) is 3.45. The van der Waals surface area contributed by atoms with Crippen LogP contribution in [0.4, 0.5) is 0 Å². The molecule has 0 spiro atoms. The van der Waals surface area contributed by atoms with E-state index in [1.807, 2.05) is 0 Å². The van der Waals surface area contributed by atoms with Gasteiger partial charge in [0.2, 0.25) is 0 Å². The molecular formula is C39H71BrNO3S+. The first kappa shape index (κ1) is 44.1. The number of hydrogen-bond donors (Lipinski definition) is 1. The second kappa shape index (κ2) is 31.7. The van der Waals surface area contributed by atoms with Crippen LogP contribution in [0.15, 0.2) is 35.2 Å². The van der Waals surface area contributed by atoms with Gasteiger partial charge in [-0.3, -0.25) is 4.55 Å². The van der Waals surface area contributed by atoms with Crippen LogP contribution < -0.4 is 0 Å². The monoisotopic (exact) mass is 712 g/mol. The smallest absolute Gasteiger partial charge is 0.294 e. The normalized spacial score (nSPS) is 11.5. The minimum absolute atomic E-state index is 0.0741. The molecule has 45 heavy (non-hydrogen) atoms. The molecule has 0 aromatic heterocycles. The molecule has 1 rings (SSSR count). The van der Waals surface area contributed by atoms with Crippen molar-refractivity contribution < 1.29 is 17.5 Å². The molecule has 0 saturated heterocycles. The van der Waals surface area contributed by atoms with Crippen molar-refractivity contribution in [1.82, 2.24) is 0 Å². The van der Waals surface area contributed by atoms with Crippen LogP contribution in [0.5, 0.6) is 0 Å². The fourth-order valence-electron chi connectivity index (χ4n) is 6.11. The lowest BCUT2D eigenvalue weighted by molar-refractivity contribution is -0.922. The van der Waals surface area contributed by atoms with Crippen LogP contribution in [0, 0.1) is 10.8 Å². The zero-order valence-corrected chi connectivity index (χ0v) is 32.1.